The van der Waals surface area contributed by atoms with Gasteiger partial charge in [-0.3, -0.25) is 0 Å². The lowest BCUT2D eigenvalue weighted by Gasteiger charge is -2.30. The standard InChI is InChI=1S/C13H26N2O/c1-13(10-16)8-12(9-14-13)7-11-3-5-15(2)6-4-11/h11-12,14,16H,3-10H2,1-2H3. The molecule has 0 spiro atoms. The smallest absolute Gasteiger partial charge is 0.0610 e. The lowest BCUT2D eigenvalue weighted by Crippen LogP contribution is -2.39. The average molecular weight is 226 g/mol. The van der Waals surface area contributed by atoms with Crippen LogP contribution in [0.3, 0.4) is 0 Å². The van der Waals surface area contributed by atoms with Crippen molar-refractivity contribution >= 4 is 0 Å². The molecule has 2 unspecified atom stereocenters. The topological polar surface area (TPSA) is 35.5 Å². The van der Waals surface area contributed by atoms with Gasteiger partial charge >= 0.3 is 0 Å². The average Bonchev–Trinajstić information content (AvgIpc) is 2.65. The fraction of sp³-hybridized carbons (Fsp3) is 1.00. The SMILES string of the molecule is CN1CCC(CC2CNC(C)(CO)C2)CC1. The van der Waals surface area contributed by atoms with E-state index in [9.17, 15) is 5.11 Å². The van der Waals surface area contributed by atoms with Crippen molar-refractivity contribution in [3.63, 3.8) is 0 Å². The van der Waals surface area contributed by atoms with Crippen LogP contribution in [-0.2, 0) is 0 Å². The summed E-state index contributed by atoms with van der Waals surface area (Å²) in [6.07, 6.45) is 5.23. The van der Waals surface area contributed by atoms with Crippen molar-refractivity contribution in [3.8, 4) is 0 Å². The largest absolute Gasteiger partial charge is 0.394 e. The Balaban J connectivity index is 1.75. The van der Waals surface area contributed by atoms with Crippen LogP contribution in [0.15, 0.2) is 0 Å². The van der Waals surface area contributed by atoms with E-state index in [1.54, 1.807) is 0 Å². The molecule has 2 rings (SSSR count). The quantitative estimate of drug-likeness (QED) is 0.756. The molecule has 3 heteroatoms. The summed E-state index contributed by atoms with van der Waals surface area (Å²) in [5.74, 6) is 1.70. The maximum Gasteiger partial charge on any atom is 0.0610 e. The molecule has 0 bridgehead atoms. The summed E-state index contributed by atoms with van der Waals surface area (Å²) in [6.45, 7) is 6.05. The summed E-state index contributed by atoms with van der Waals surface area (Å²) < 4.78 is 0. The van der Waals surface area contributed by atoms with E-state index in [0.29, 0.717) is 0 Å². The molecule has 2 aliphatic heterocycles. The van der Waals surface area contributed by atoms with Gasteiger partial charge in [-0.2, -0.15) is 0 Å². The third-order valence-corrected chi connectivity index (χ3v) is 4.41. The van der Waals surface area contributed by atoms with E-state index in [2.05, 4.69) is 24.2 Å². The van der Waals surface area contributed by atoms with Crippen LogP contribution in [0.1, 0.15) is 32.6 Å². The molecule has 0 aromatic rings. The summed E-state index contributed by atoms with van der Waals surface area (Å²) in [7, 11) is 2.22. The molecular weight excluding hydrogens is 200 g/mol. The zero-order valence-electron chi connectivity index (χ0n) is 10.7. The van der Waals surface area contributed by atoms with Crippen LogP contribution in [0.25, 0.3) is 0 Å². The van der Waals surface area contributed by atoms with Gasteiger partial charge in [-0.25, -0.2) is 0 Å². The third kappa shape index (κ3) is 2.96. The molecule has 0 amide bonds. The van der Waals surface area contributed by atoms with Gasteiger partial charge in [-0.05, 0) is 71.1 Å². The maximum atomic E-state index is 9.31. The van der Waals surface area contributed by atoms with E-state index < -0.39 is 0 Å². The second kappa shape index (κ2) is 5.03. The number of aliphatic hydroxyl groups is 1. The van der Waals surface area contributed by atoms with Crippen molar-refractivity contribution in [2.24, 2.45) is 11.8 Å². The number of nitrogens with zero attached hydrogens (tertiary/aromatic N) is 1. The Kier molecular flexibility index (Phi) is 3.88. The van der Waals surface area contributed by atoms with Crippen molar-refractivity contribution in [1.82, 2.24) is 10.2 Å². The molecule has 0 aliphatic carbocycles. The predicted molar refractivity (Wildman–Crippen MR) is 66.4 cm³/mol. The Labute approximate surface area is 99.2 Å². The molecule has 2 fully saturated rings. The molecule has 3 nitrogen and oxygen atoms in total. The molecule has 2 N–H and O–H groups in total. The molecule has 2 saturated heterocycles. The minimum Gasteiger partial charge on any atom is -0.394 e. The van der Waals surface area contributed by atoms with Gasteiger partial charge < -0.3 is 15.3 Å². The van der Waals surface area contributed by atoms with Gasteiger partial charge in [0.05, 0.1) is 6.61 Å². The third-order valence-electron chi connectivity index (χ3n) is 4.41. The van der Waals surface area contributed by atoms with E-state index in [0.717, 1.165) is 24.8 Å². The Morgan fingerprint density at radius 3 is 2.56 bits per heavy atom. The second-order valence-corrected chi connectivity index (χ2v) is 6.15. The van der Waals surface area contributed by atoms with Gasteiger partial charge in [0.25, 0.3) is 0 Å². The van der Waals surface area contributed by atoms with Crippen molar-refractivity contribution in [2.75, 3.05) is 33.3 Å². The Morgan fingerprint density at radius 1 is 1.31 bits per heavy atom. The van der Waals surface area contributed by atoms with Crippen molar-refractivity contribution in [1.29, 1.82) is 0 Å². The van der Waals surface area contributed by atoms with Gasteiger partial charge in [-0.15, -0.1) is 0 Å². The summed E-state index contributed by atoms with van der Waals surface area (Å²) in [6, 6.07) is 0. The summed E-state index contributed by atoms with van der Waals surface area (Å²) in [4.78, 5) is 2.43. The van der Waals surface area contributed by atoms with Crippen LogP contribution in [-0.4, -0.2) is 48.8 Å². The highest BCUT2D eigenvalue weighted by Crippen LogP contribution is 2.31. The van der Waals surface area contributed by atoms with Crippen LogP contribution >= 0.6 is 0 Å². The van der Waals surface area contributed by atoms with E-state index in [4.69, 9.17) is 0 Å². The zero-order valence-corrected chi connectivity index (χ0v) is 10.7. The van der Waals surface area contributed by atoms with E-state index in [-0.39, 0.29) is 12.1 Å². The molecule has 2 aliphatic rings. The number of aliphatic hydroxyl groups excluding tert-OH is 1. The monoisotopic (exact) mass is 226 g/mol. The van der Waals surface area contributed by atoms with Gasteiger partial charge in [0.1, 0.15) is 0 Å². The first-order valence-electron chi connectivity index (χ1n) is 6.66. The van der Waals surface area contributed by atoms with E-state index >= 15 is 0 Å². The minimum atomic E-state index is -0.00384. The summed E-state index contributed by atoms with van der Waals surface area (Å²) in [5, 5.41) is 12.8. The summed E-state index contributed by atoms with van der Waals surface area (Å²) in [5.41, 5.74) is -0.00384. The Hall–Kier alpha value is -0.120. The molecule has 2 atom stereocenters. The lowest BCUT2D eigenvalue weighted by atomic mass is 9.84. The van der Waals surface area contributed by atoms with Crippen molar-refractivity contribution in [3.05, 3.63) is 0 Å². The second-order valence-electron chi connectivity index (χ2n) is 6.15. The minimum absolute atomic E-state index is 0.00384. The van der Waals surface area contributed by atoms with E-state index in [1.165, 1.54) is 32.4 Å². The van der Waals surface area contributed by atoms with Crippen LogP contribution in [0.2, 0.25) is 0 Å². The number of hydrogen-bond acceptors (Lipinski definition) is 3. The van der Waals surface area contributed by atoms with Crippen LogP contribution < -0.4 is 5.32 Å². The molecule has 94 valence electrons. The number of hydrogen-bond donors (Lipinski definition) is 2. The zero-order chi connectivity index (χ0) is 11.6. The number of piperidine rings is 1. The molecule has 0 radical (unpaired) electrons. The number of rotatable bonds is 3. The van der Waals surface area contributed by atoms with E-state index in [1.807, 2.05) is 0 Å². The molecule has 2 heterocycles. The lowest BCUT2D eigenvalue weighted by molar-refractivity contribution is 0.178. The summed E-state index contributed by atoms with van der Waals surface area (Å²) >= 11 is 0. The van der Waals surface area contributed by atoms with Gasteiger partial charge in [-0.1, -0.05) is 0 Å². The number of nitrogens with one attached hydrogen (secondary N) is 1. The van der Waals surface area contributed by atoms with Gasteiger partial charge in [0, 0.05) is 5.54 Å². The highest BCUT2D eigenvalue weighted by molar-refractivity contribution is 4.93. The first-order chi connectivity index (χ1) is 7.61. The molecule has 0 aromatic heterocycles. The molecule has 16 heavy (non-hydrogen) atoms. The predicted octanol–water partition coefficient (Wildman–Crippen LogP) is 1.08. The molecule has 0 aromatic carbocycles. The first-order valence-corrected chi connectivity index (χ1v) is 6.66. The Morgan fingerprint density at radius 2 is 2.00 bits per heavy atom. The van der Waals surface area contributed by atoms with Crippen LogP contribution in [0, 0.1) is 11.8 Å². The van der Waals surface area contributed by atoms with Gasteiger partial charge in [0.2, 0.25) is 0 Å². The maximum absolute atomic E-state index is 9.31. The van der Waals surface area contributed by atoms with Crippen molar-refractivity contribution in [2.45, 2.75) is 38.1 Å². The highest BCUT2D eigenvalue weighted by Gasteiger charge is 2.35. The first kappa shape index (κ1) is 12.3. The fourth-order valence-electron chi connectivity index (χ4n) is 3.23. The van der Waals surface area contributed by atoms with Gasteiger partial charge in [0.15, 0.2) is 0 Å². The number of likely N-dealkylation sites (tertiary alicyclic amines) is 1. The molecular formula is C13H26N2O. The van der Waals surface area contributed by atoms with Crippen LogP contribution in [0.4, 0.5) is 0 Å². The molecule has 0 saturated carbocycles. The van der Waals surface area contributed by atoms with Crippen LogP contribution in [0.5, 0.6) is 0 Å². The highest BCUT2D eigenvalue weighted by atomic mass is 16.3. The normalized spacial score (nSPS) is 38.1. The Bertz CT molecular complexity index is 226. The van der Waals surface area contributed by atoms with Crippen molar-refractivity contribution < 1.29 is 5.11 Å². The fourth-order valence-corrected chi connectivity index (χ4v) is 3.23.